The average molecular weight is 503 g/mol. The summed E-state index contributed by atoms with van der Waals surface area (Å²) in [4.78, 5) is 33.2. The van der Waals surface area contributed by atoms with Crippen LogP contribution >= 0.6 is 0 Å². The molecule has 3 aromatic rings. The third-order valence-electron chi connectivity index (χ3n) is 4.99. The molecule has 0 unspecified atom stereocenters. The van der Waals surface area contributed by atoms with Crippen LogP contribution in [0.2, 0.25) is 0 Å². The molecule has 0 atom stereocenters. The minimum absolute atomic E-state index is 0.119. The van der Waals surface area contributed by atoms with Crippen molar-refractivity contribution in [2.24, 2.45) is 0 Å². The maximum atomic E-state index is 11.1. The van der Waals surface area contributed by atoms with Crippen LogP contribution in [0, 0.1) is 0 Å². The molecular weight excluding hydrogens is 476 g/mol. The van der Waals surface area contributed by atoms with Gasteiger partial charge >= 0.3 is 11.9 Å². The van der Waals surface area contributed by atoms with E-state index in [4.69, 9.17) is 23.7 Å². The quantitative estimate of drug-likeness (QED) is 0.135. The number of benzene rings is 3. The number of esters is 2. The summed E-state index contributed by atoms with van der Waals surface area (Å²) in [6.07, 6.45) is 2.19. The van der Waals surface area contributed by atoms with Gasteiger partial charge in [-0.2, -0.15) is 0 Å². The predicted molar refractivity (Wildman–Crippen MR) is 137 cm³/mol. The highest BCUT2D eigenvalue weighted by Gasteiger charge is 2.08. The molecule has 0 amide bonds. The van der Waals surface area contributed by atoms with E-state index < -0.39 is 11.9 Å². The largest absolute Gasteiger partial charge is 0.490 e. The Labute approximate surface area is 214 Å². The van der Waals surface area contributed by atoms with Gasteiger partial charge in [-0.25, -0.2) is 9.59 Å². The van der Waals surface area contributed by atoms with Gasteiger partial charge in [0, 0.05) is 12.2 Å². The second-order valence-corrected chi connectivity index (χ2v) is 7.45. The number of ether oxygens (including phenoxy) is 5. The fourth-order valence-corrected chi connectivity index (χ4v) is 3.26. The van der Waals surface area contributed by atoms with E-state index in [0.29, 0.717) is 23.7 Å². The molecule has 8 nitrogen and oxygen atoms in total. The number of hydrogen-bond acceptors (Lipinski definition) is 8. The lowest BCUT2D eigenvalue weighted by molar-refractivity contribution is -0.139. The van der Waals surface area contributed by atoms with E-state index in [1.807, 2.05) is 30.3 Å². The van der Waals surface area contributed by atoms with Crippen LogP contribution in [-0.4, -0.2) is 44.8 Å². The van der Waals surface area contributed by atoms with E-state index >= 15 is 0 Å². The molecule has 3 aromatic carbocycles. The molecule has 0 aliphatic carbocycles. The summed E-state index contributed by atoms with van der Waals surface area (Å²) in [5, 5.41) is 0. The van der Waals surface area contributed by atoms with E-state index in [9.17, 15) is 14.4 Å². The first-order chi connectivity index (χ1) is 18.0. The number of hydrogen-bond donors (Lipinski definition) is 0. The first-order valence-electron chi connectivity index (χ1n) is 11.3. The summed E-state index contributed by atoms with van der Waals surface area (Å²) in [6, 6.07) is 20.2. The van der Waals surface area contributed by atoms with Crippen molar-refractivity contribution in [3.05, 3.63) is 92.0 Å². The molecule has 0 fully saturated rings. The third kappa shape index (κ3) is 8.40. The molecule has 0 bridgehead atoms. The van der Waals surface area contributed by atoms with Gasteiger partial charge in [-0.15, -0.1) is 0 Å². The fourth-order valence-electron chi connectivity index (χ4n) is 3.26. The van der Waals surface area contributed by atoms with Gasteiger partial charge in [0.05, 0.1) is 0 Å². The molecule has 0 saturated carbocycles. The number of carbonyl (C=O) groups is 3. The smallest absolute Gasteiger partial charge is 0.330 e. The lowest BCUT2D eigenvalue weighted by atomic mass is 9.98. The summed E-state index contributed by atoms with van der Waals surface area (Å²) in [6.45, 7) is 7.73. The Bertz CT molecular complexity index is 1140. The van der Waals surface area contributed by atoms with Gasteiger partial charge < -0.3 is 23.7 Å². The van der Waals surface area contributed by atoms with Gasteiger partial charge in [-0.05, 0) is 64.7 Å². The SMILES string of the molecule is C=CC(=O)OCCOc1ccc(-c2cc(OC=O)cc(-c3ccc(OCCOC(=O)C=C)cc3)c2)cc1. The van der Waals surface area contributed by atoms with Crippen LogP contribution in [0.1, 0.15) is 0 Å². The Kier molecular flexibility index (Phi) is 10.0. The van der Waals surface area contributed by atoms with Gasteiger partial charge in [0.25, 0.3) is 6.47 Å². The minimum atomic E-state index is -0.499. The highest BCUT2D eigenvalue weighted by molar-refractivity contribution is 5.81. The fraction of sp³-hybridized carbons (Fsp3) is 0.138. The molecule has 0 aromatic heterocycles. The van der Waals surface area contributed by atoms with Crippen molar-refractivity contribution < 1.29 is 38.1 Å². The second kappa shape index (κ2) is 13.9. The van der Waals surface area contributed by atoms with E-state index in [2.05, 4.69) is 13.2 Å². The van der Waals surface area contributed by atoms with Crippen LogP contribution < -0.4 is 14.2 Å². The third-order valence-corrected chi connectivity index (χ3v) is 4.99. The molecule has 0 aliphatic heterocycles. The Morgan fingerprint density at radius 1 is 0.595 bits per heavy atom. The van der Waals surface area contributed by atoms with Gasteiger partial charge in [0.2, 0.25) is 0 Å². The first kappa shape index (κ1) is 26.7. The second-order valence-electron chi connectivity index (χ2n) is 7.45. The van der Waals surface area contributed by atoms with Gasteiger partial charge in [0.1, 0.15) is 43.7 Å². The van der Waals surface area contributed by atoms with Gasteiger partial charge in [0.15, 0.2) is 0 Å². The van der Waals surface area contributed by atoms with E-state index in [1.54, 1.807) is 36.4 Å². The monoisotopic (exact) mass is 502 g/mol. The van der Waals surface area contributed by atoms with Crippen molar-refractivity contribution in [3.8, 4) is 39.5 Å². The Balaban J connectivity index is 1.69. The average Bonchev–Trinajstić information content (AvgIpc) is 2.93. The topological polar surface area (TPSA) is 97.4 Å². The summed E-state index contributed by atoms with van der Waals surface area (Å²) < 4.78 is 26.1. The Morgan fingerprint density at radius 3 is 1.41 bits per heavy atom. The molecule has 8 heteroatoms. The molecule has 0 saturated heterocycles. The summed E-state index contributed by atoms with van der Waals surface area (Å²) in [5.74, 6) is 0.639. The van der Waals surface area contributed by atoms with E-state index in [1.165, 1.54) is 0 Å². The predicted octanol–water partition coefficient (Wildman–Crippen LogP) is 4.77. The molecule has 0 aliphatic rings. The molecule has 3 rings (SSSR count). The van der Waals surface area contributed by atoms with E-state index in [0.717, 1.165) is 34.4 Å². The molecule has 0 heterocycles. The summed E-state index contributed by atoms with van der Waals surface area (Å²) in [5.41, 5.74) is 3.45. The normalized spacial score (nSPS) is 10.1. The van der Waals surface area contributed by atoms with Crippen LogP contribution in [0.25, 0.3) is 22.3 Å². The van der Waals surface area contributed by atoms with Gasteiger partial charge in [-0.1, -0.05) is 37.4 Å². The standard InChI is InChI=1S/C29H26O8/c1-3-28(31)35-15-13-33-25-9-5-21(6-10-25)23-17-24(19-27(18-23)37-20-30)22-7-11-26(12-8-22)34-14-16-36-29(32)4-2/h3-12,17-20H,1-2,13-16H2. The zero-order valence-electron chi connectivity index (χ0n) is 20.1. The zero-order valence-corrected chi connectivity index (χ0v) is 20.1. The Hall–Kier alpha value is -4.85. The maximum Gasteiger partial charge on any atom is 0.330 e. The van der Waals surface area contributed by atoms with Crippen LogP contribution in [0.3, 0.4) is 0 Å². The van der Waals surface area contributed by atoms with Crippen molar-refractivity contribution in [1.29, 1.82) is 0 Å². The molecular formula is C29H26O8. The molecule has 37 heavy (non-hydrogen) atoms. The summed E-state index contributed by atoms with van der Waals surface area (Å²) >= 11 is 0. The first-order valence-corrected chi connectivity index (χ1v) is 11.3. The maximum absolute atomic E-state index is 11.1. The molecule has 0 spiro atoms. The highest BCUT2D eigenvalue weighted by atomic mass is 16.6. The highest BCUT2D eigenvalue weighted by Crippen LogP contribution is 2.33. The van der Waals surface area contributed by atoms with Gasteiger partial charge in [-0.3, -0.25) is 4.79 Å². The van der Waals surface area contributed by atoms with Crippen LogP contribution in [0.5, 0.6) is 17.2 Å². The number of rotatable bonds is 14. The lowest BCUT2D eigenvalue weighted by Gasteiger charge is -2.11. The minimum Gasteiger partial charge on any atom is -0.490 e. The van der Waals surface area contributed by atoms with Crippen LogP contribution in [-0.2, 0) is 23.9 Å². The Morgan fingerprint density at radius 2 is 1.03 bits per heavy atom. The molecule has 190 valence electrons. The van der Waals surface area contributed by atoms with Crippen molar-refractivity contribution in [2.75, 3.05) is 26.4 Å². The van der Waals surface area contributed by atoms with Crippen molar-refractivity contribution in [1.82, 2.24) is 0 Å². The van der Waals surface area contributed by atoms with Crippen molar-refractivity contribution in [2.45, 2.75) is 0 Å². The van der Waals surface area contributed by atoms with Crippen molar-refractivity contribution in [3.63, 3.8) is 0 Å². The summed E-state index contributed by atoms with van der Waals surface area (Å²) in [7, 11) is 0. The zero-order chi connectivity index (χ0) is 26.5. The molecule has 0 radical (unpaired) electrons. The van der Waals surface area contributed by atoms with E-state index in [-0.39, 0.29) is 26.4 Å². The lowest BCUT2D eigenvalue weighted by Crippen LogP contribution is -2.10. The number of carbonyl (C=O) groups excluding carboxylic acids is 3. The van der Waals surface area contributed by atoms with Crippen molar-refractivity contribution >= 4 is 18.4 Å². The van der Waals surface area contributed by atoms with Crippen LogP contribution in [0.15, 0.2) is 92.0 Å². The van der Waals surface area contributed by atoms with Crippen LogP contribution in [0.4, 0.5) is 0 Å². The molecule has 0 N–H and O–H groups in total.